The van der Waals surface area contributed by atoms with Crippen molar-refractivity contribution in [2.24, 2.45) is 0 Å². The fourth-order valence-corrected chi connectivity index (χ4v) is 2.22. The third-order valence-corrected chi connectivity index (χ3v) is 3.49. The second-order valence-electron chi connectivity index (χ2n) is 5.96. The van der Waals surface area contributed by atoms with Gasteiger partial charge in [0.2, 0.25) is 0 Å². The molecule has 0 heterocycles. The molecule has 0 aliphatic heterocycles. The lowest BCUT2D eigenvalue weighted by molar-refractivity contribution is 0.384. The zero-order valence-electron chi connectivity index (χ0n) is 13.1. The van der Waals surface area contributed by atoms with Gasteiger partial charge in [0.25, 0.3) is 0 Å². The van der Waals surface area contributed by atoms with E-state index in [1.165, 1.54) is 11.1 Å². The molecule has 0 bridgehead atoms. The Hall–Kier alpha value is -1.06. The Bertz CT molecular complexity index is 400. The Balaban J connectivity index is 2.98. The molecule has 0 unspecified atom stereocenters. The summed E-state index contributed by atoms with van der Waals surface area (Å²) in [7, 11) is 3.69. The van der Waals surface area contributed by atoms with Crippen molar-refractivity contribution < 1.29 is 4.74 Å². The molecule has 0 saturated heterocycles. The molecule has 3 heteroatoms. The number of nitrogens with one attached hydrogen (secondary N) is 2. The lowest BCUT2D eigenvalue weighted by Gasteiger charge is -2.28. The Morgan fingerprint density at radius 3 is 2.47 bits per heavy atom. The third kappa shape index (κ3) is 4.22. The van der Waals surface area contributed by atoms with Crippen molar-refractivity contribution in [3.63, 3.8) is 0 Å². The fourth-order valence-electron chi connectivity index (χ4n) is 2.22. The predicted molar refractivity (Wildman–Crippen MR) is 82.0 cm³/mol. The van der Waals surface area contributed by atoms with Gasteiger partial charge in [0.15, 0.2) is 0 Å². The average Bonchev–Trinajstić information content (AvgIpc) is 2.38. The van der Waals surface area contributed by atoms with Gasteiger partial charge in [-0.1, -0.05) is 39.8 Å². The summed E-state index contributed by atoms with van der Waals surface area (Å²) in [6.07, 6.45) is 0. The van der Waals surface area contributed by atoms with Crippen molar-refractivity contribution >= 4 is 0 Å². The number of methoxy groups -OCH3 is 1. The van der Waals surface area contributed by atoms with Crippen LogP contribution in [0.1, 0.15) is 44.7 Å². The Kier molecular flexibility index (Phi) is 5.83. The normalized spacial score (nSPS) is 11.9. The smallest absolute Gasteiger partial charge is 0.122 e. The Labute approximate surface area is 117 Å². The Morgan fingerprint density at radius 1 is 1.26 bits per heavy atom. The van der Waals surface area contributed by atoms with E-state index in [4.69, 9.17) is 4.74 Å². The summed E-state index contributed by atoms with van der Waals surface area (Å²) in [4.78, 5) is 0. The minimum atomic E-state index is 0.0394. The van der Waals surface area contributed by atoms with Crippen LogP contribution in [0.3, 0.4) is 0 Å². The van der Waals surface area contributed by atoms with Gasteiger partial charge in [0, 0.05) is 24.2 Å². The molecule has 1 aromatic carbocycles. The van der Waals surface area contributed by atoms with Crippen LogP contribution >= 0.6 is 0 Å². The highest BCUT2D eigenvalue weighted by atomic mass is 16.5. The van der Waals surface area contributed by atoms with Gasteiger partial charge in [-0.15, -0.1) is 0 Å². The molecule has 0 aliphatic rings. The SMILES string of the molecule is CNCNCC(C)(C)c1ccc(C(C)C)cc1OC. The average molecular weight is 264 g/mol. The van der Waals surface area contributed by atoms with E-state index < -0.39 is 0 Å². The summed E-state index contributed by atoms with van der Waals surface area (Å²) in [5.74, 6) is 1.51. The lowest BCUT2D eigenvalue weighted by Crippen LogP contribution is -2.37. The third-order valence-electron chi connectivity index (χ3n) is 3.49. The molecule has 1 aromatic rings. The zero-order chi connectivity index (χ0) is 14.5. The molecule has 1 rings (SSSR count). The van der Waals surface area contributed by atoms with E-state index in [1.54, 1.807) is 7.11 Å². The highest BCUT2D eigenvalue weighted by molar-refractivity contribution is 5.43. The number of hydrogen-bond donors (Lipinski definition) is 2. The molecule has 2 N–H and O–H groups in total. The Morgan fingerprint density at radius 2 is 1.95 bits per heavy atom. The lowest BCUT2D eigenvalue weighted by atomic mass is 9.82. The van der Waals surface area contributed by atoms with Gasteiger partial charge in [-0.25, -0.2) is 0 Å². The van der Waals surface area contributed by atoms with Gasteiger partial charge in [-0.3, -0.25) is 0 Å². The zero-order valence-corrected chi connectivity index (χ0v) is 13.1. The van der Waals surface area contributed by atoms with E-state index >= 15 is 0 Å². The number of rotatable bonds is 7. The van der Waals surface area contributed by atoms with E-state index in [0.29, 0.717) is 5.92 Å². The van der Waals surface area contributed by atoms with Crippen LogP contribution in [-0.4, -0.2) is 27.4 Å². The van der Waals surface area contributed by atoms with Crippen LogP contribution in [-0.2, 0) is 5.41 Å². The first kappa shape index (κ1) is 16.0. The van der Waals surface area contributed by atoms with E-state index in [9.17, 15) is 0 Å². The van der Waals surface area contributed by atoms with Crippen LogP contribution < -0.4 is 15.4 Å². The molecule has 3 nitrogen and oxygen atoms in total. The molecule has 108 valence electrons. The molecule has 0 amide bonds. The van der Waals surface area contributed by atoms with E-state index in [-0.39, 0.29) is 5.41 Å². The molecule has 0 radical (unpaired) electrons. The molecular weight excluding hydrogens is 236 g/mol. The highest BCUT2D eigenvalue weighted by Crippen LogP contribution is 2.33. The molecular formula is C16H28N2O. The monoisotopic (exact) mass is 264 g/mol. The van der Waals surface area contributed by atoms with E-state index in [0.717, 1.165) is 19.0 Å². The molecule has 0 aromatic heterocycles. The van der Waals surface area contributed by atoms with E-state index in [2.05, 4.69) is 56.5 Å². The molecule has 0 fully saturated rings. The van der Waals surface area contributed by atoms with Crippen molar-refractivity contribution in [1.82, 2.24) is 10.6 Å². The summed E-state index contributed by atoms with van der Waals surface area (Å²) in [6.45, 7) is 10.6. The topological polar surface area (TPSA) is 33.3 Å². The minimum Gasteiger partial charge on any atom is -0.496 e. The van der Waals surface area contributed by atoms with Gasteiger partial charge < -0.3 is 15.4 Å². The first-order valence-corrected chi connectivity index (χ1v) is 6.96. The standard InChI is InChI=1S/C16H28N2O/c1-12(2)13-7-8-14(15(9-13)19-6)16(3,4)10-18-11-17-5/h7-9,12,17-18H,10-11H2,1-6H3. The van der Waals surface area contributed by atoms with E-state index in [1.807, 2.05) is 7.05 Å². The van der Waals surface area contributed by atoms with Crippen LogP contribution in [0.25, 0.3) is 0 Å². The first-order valence-electron chi connectivity index (χ1n) is 6.96. The maximum atomic E-state index is 5.59. The van der Waals surface area contributed by atoms with Gasteiger partial charge >= 0.3 is 0 Å². The maximum absolute atomic E-state index is 5.59. The fraction of sp³-hybridized carbons (Fsp3) is 0.625. The highest BCUT2D eigenvalue weighted by Gasteiger charge is 2.24. The molecule has 0 aliphatic carbocycles. The molecule has 0 atom stereocenters. The molecule has 0 spiro atoms. The second-order valence-corrected chi connectivity index (χ2v) is 5.96. The van der Waals surface area contributed by atoms with Crippen LogP contribution in [0, 0.1) is 0 Å². The number of benzene rings is 1. The van der Waals surface area contributed by atoms with Crippen LogP contribution in [0.4, 0.5) is 0 Å². The summed E-state index contributed by atoms with van der Waals surface area (Å²) in [5.41, 5.74) is 2.61. The van der Waals surface area contributed by atoms with Crippen molar-refractivity contribution in [2.45, 2.75) is 39.0 Å². The van der Waals surface area contributed by atoms with Crippen molar-refractivity contribution in [2.75, 3.05) is 27.4 Å². The second kappa shape index (κ2) is 6.92. The van der Waals surface area contributed by atoms with Gasteiger partial charge in [-0.2, -0.15) is 0 Å². The minimum absolute atomic E-state index is 0.0394. The van der Waals surface area contributed by atoms with Gasteiger partial charge in [-0.05, 0) is 24.6 Å². The summed E-state index contributed by atoms with van der Waals surface area (Å²) < 4.78 is 5.59. The summed E-state index contributed by atoms with van der Waals surface area (Å²) in [5, 5.41) is 6.50. The largest absolute Gasteiger partial charge is 0.496 e. The quantitative estimate of drug-likeness (QED) is 0.587. The maximum Gasteiger partial charge on any atom is 0.122 e. The van der Waals surface area contributed by atoms with Crippen LogP contribution in [0.5, 0.6) is 5.75 Å². The number of ether oxygens (including phenoxy) is 1. The molecule has 19 heavy (non-hydrogen) atoms. The predicted octanol–water partition coefficient (Wildman–Crippen LogP) is 2.86. The van der Waals surface area contributed by atoms with Gasteiger partial charge in [0.05, 0.1) is 7.11 Å². The van der Waals surface area contributed by atoms with Gasteiger partial charge in [0.1, 0.15) is 5.75 Å². The molecule has 0 saturated carbocycles. The first-order chi connectivity index (χ1) is 8.92. The van der Waals surface area contributed by atoms with Crippen molar-refractivity contribution in [1.29, 1.82) is 0 Å². The summed E-state index contributed by atoms with van der Waals surface area (Å²) >= 11 is 0. The number of hydrogen-bond acceptors (Lipinski definition) is 3. The summed E-state index contributed by atoms with van der Waals surface area (Å²) in [6, 6.07) is 6.58. The van der Waals surface area contributed by atoms with Crippen molar-refractivity contribution in [3.8, 4) is 5.75 Å². The van der Waals surface area contributed by atoms with Crippen LogP contribution in [0.2, 0.25) is 0 Å². The van der Waals surface area contributed by atoms with Crippen LogP contribution in [0.15, 0.2) is 18.2 Å². The van der Waals surface area contributed by atoms with Crippen molar-refractivity contribution in [3.05, 3.63) is 29.3 Å².